The Bertz CT molecular complexity index is 4430. The van der Waals surface area contributed by atoms with Gasteiger partial charge in [-0.2, -0.15) is 0 Å². The van der Waals surface area contributed by atoms with E-state index in [-0.39, 0.29) is 188 Å². The number of carbonyl (C=O) groups is 4. The fraction of sp³-hybridized carbons (Fsp3) is 0.153. The number of halogens is 7. The number of carbonyl (C=O) groups excluding carboxylic acids is 3. The number of para-hydroxylation sites is 6. The van der Waals surface area contributed by atoms with E-state index in [9.17, 15) is 24.6 Å². The van der Waals surface area contributed by atoms with Crippen LogP contribution in [0.3, 0.4) is 0 Å². The van der Waals surface area contributed by atoms with Gasteiger partial charge in [-0.3, -0.25) is 9.59 Å². The summed E-state index contributed by atoms with van der Waals surface area (Å²) in [6.07, 6.45) is -2.10. The second kappa shape index (κ2) is 48.8. The standard InChI is InChI=1S/C23H17Br2NO4.C21H13Br2NO4.C13H8BrNO2.C10H10Br2O2.CH2O3.4CH4.2K.Li.H2O.H/c1-2-28-23(27)21(14-7-9-15(24)10-8-14)29-19-12-11-16(25)13-17(19)22-26-18-5-3-4-6-20(18)30-22;22-13-7-5-12(6-8-13)19(21(25)26)27-17-10-9-14(23)11-15(17)20-24-16-3-1-2-4-18(16)28-20;14-8-5-6-11(16)9(7-8)13-15-10-3-1-2-4-12(10)17-13;1-2-14-10(13)9(12)7-3-5-8(11)6-4-7;2-1-4-3;;;;;;;;;/h3-13,21H,2H2,1H3;1-11,19H,(H,25,26);1-7,16H;3-6,9H,2H2,1H3;1,3H;4*1H4;;;;1H2;/q;;;;;;;;;3*+1;;-1/p-2. The molecule has 0 bridgehead atoms. The molecule has 12 aromatic rings. The van der Waals surface area contributed by atoms with Crippen LogP contribution in [0.5, 0.6) is 17.2 Å². The zero-order chi connectivity index (χ0) is 66.6. The normalized spacial score (nSPS) is 10.6. The first-order valence-electron chi connectivity index (χ1n) is 27.5. The van der Waals surface area contributed by atoms with Gasteiger partial charge in [-0.15, -0.1) is 0 Å². The smallest absolute Gasteiger partial charge is 1.00 e. The molecule has 518 valence electrons. The number of alkyl halides is 1. The first-order chi connectivity index (χ1) is 44.9. The molecule has 3 N–H and O–H groups in total. The molecule has 29 heteroatoms. The first-order valence-corrected chi connectivity index (χ1v) is 33.2. The van der Waals surface area contributed by atoms with Crippen molar-refractivity contribution in [2.24, 2.45) is 0 Å². The number of hydrogen-bond donors (Lipinski definition) is 2. The van der Waals surface area contributed by atoms with E-state index < -0.39 is 24.1 Å². The molecule has 3 heterocycles. The van der Waals surface area contributed by atoms with Gasteiger partial charge < -0.3 is 59.5 Å². The van der Waals surface area contributed by atoms with Gasteiger partial charge in [0.1, 0.15) is 38.6 Å². The van der Waals surface area contributed by atoms with E-state index in [1.807, 2.05) is 133 Å². The number of aliphatic carboxylic acids is 1. The summed E-state index contributed by atoms with van der Waals surface area (Å²) in [5, 5.41) is 27.9. The Kier molecular flexibility index (Phi) is 46.8. The molecular weight excluding hydrogens is 1810 g/mol. The number of nitrogens with zero attached hydrogens (tertiary/aromatic N) is 3. The van der Waals surface area contributed by atoms with Crippen LogP contribution in [0.15, 0.2) is 240 Å². The Hall–Kier alpha value is -4.18. The largest absolute Gasteiger partial charge is 1.00 e. The summed E-state index contributed by atoms with van der Waals surface area (Å²) in [5.74, 6) is 0.360. The molecule has 0 aliphatic heterocycles. The van der Waals surface area contributed by atoms with Crippen molar-refractivity contribution in [3.63, 3.8) is 0 Å². The summed E-state index contributed by atoms with van der Waals surface area (Å²) < 4.78 is 44.9. The third kappa shape index (κ3) is 28.2. The number of aromatic hydroxyl groups is 1. The van der Waals surface area contributed by atoms with Gasteiger partial charge >= 0.3 is 140 Å². The maximum Gasteiger partial charge on any atom is 1.00 e. The number of rotatable bonds is 16. The average molecular weight is 1870 g/mol. The van der Waals surface area contributed by atoms with Crippen molar-refractivity contribution in [2.45, 2.75) is 60.6 Å². The molecular formula is C72H67Br7K2LiN3O16. The number of benzene rings is 9. The van der Waals surface area contributed by atoms with Crippen molar-refractivity contribution >= 4 is 169 Å². The van der Waals surface area contributed by atoms with Gasteiger partial charge in [-0.1, -0.05) is 214 Å². The Labute approximate surface area is 742 Å². The number of fused-ring (bicyclic) bond motifs is 3. The predicted octanol–water partition coefficient (Wildman–Crippen LogP) is 12.3. The maximum absolute atomic E-state index is 12.7. The van der Waals surface area contributed by atoms with Crippen molar-refractivity contribution in [1.29, 1.82) is 0 Å². The zero-order valence-electron chi connectivity index (χ0n) is 52.9. The van der Waals surface area contributed by atoms with E-state index >= 15 is 0 Å². The number of oxazole rings is 3. The Morgan fingerprint density at radius 2 is 0.792 bits per heavy atom. The fourth-order valence-corrected chi connectivity index (χ4v) is 10.7. The van der Waals surface area contributed by atoms with Crippen molar-refractivity contribution in [1.82, 2.24) is 15.0 Å². The fourth-order valence-electron chi connectivity index (χ4n) is 8.43. The molecule has 0 spiro atoms. The van der Waals surface area contributed by atoms with Crippen molar-refractivity contribution in [3.05, 3.63) is 244 Å². The number of phenols is 1. The maximum atomic E-state index is 12.7. The molecule has 19 nitrogen and oxygen atoms in total. The van der Waals surface area contributed by atoms with Crippen LogP contribution in [0.2, 0.25) is 0 Å². The summed E-state index contributed by atoms with van der Waals surface area (Å²) in [7, 11) is 0. The topological polar surface area (TPSA) is 286 Å². The van der Waals surface area contributed by atoms with Gasteiger partial charge in [0.2, 0.25) is 29.9 Å². The van der Waals surface area contributed by atoms with E-state index in [1.54, 1.807) is 80.6 Å². The van der Waals surface area contributed by atoms with Gasteiger partial charge in [-0.25, -0.2) is 24.5 Å². The van der Waals surface area contributed by atoms with Crippen molar-refractivity contribution in [3.8, 4) is 51.6 Å². The number of carboxylic acid groups (broad SMARTS) is 1. The summed E-state index contributed by atoms with van der Waals surface area (Å²) in [6, 6.07) is 60.2. The van der Waals surface area contributed by atoms with E-state index in [0.717, 1.165) is 43.4 Å². The Balaban J connectivity index is 0. The van der Waals surface area contributed by atoms with Gasteiger partial charge in [0.15, 0.2) is 16.7 Å². The number of hydrogen-bond acceptors (Lipinski definition) is 18. The second-order valence-electron chi connectivity index (χ2n) is 19.0. The first kappa shape index (κ1) is 96.8. The third-order valence-corrected chi connectivity index (χ3v) is 16.6. The van der Waals surface area contributed by atoms with Crippen LogP contribution < -0.4 is 136 Å². The molecule has 12 rings (SSSR count). The van der Waals surface area contributed by atoms with Gasteiger partial charge in [-0.05, 0) is 147 Å². The monoisotopic (exact) mass is 1870 g/mol. The molecule has 0 radical (unpaired) electrons. The van der Waals surface area contributed by atoms with Crippen LogP contribution in [0.1, 0.15) is 78.7 Å². The molecule has 0 aliphatic carbocycles. The molecule has 3 aromatic heterocycles. The number of esters is 2. The van der Waals surface area contributed by atoms with Crippen LogP contribution in [0.4, 0.5) is 0 Å². The summed E-state index contributed by atoms with van der Waals surface area (Å²) in [6.45, 7) is 4.03. The summed E-state index contributed by atoms with van der Waals surface area (Å²) in [5.41, 5.74) is 8.15. The minimum absolute atomic E-state index is 0. The zero-order valence-corrected chi connectivity index (χ0v) is 69.3. The van der Waals surface area contributed by atoms with E-state index in [4.69, 9.17) is 42.3 Å². The molecule has 0 saturated carbocycles. The molecule has 3 atom stereocenters. The molecule has 3 unspecified atom stereocenters. The van der Waals surface area contributed by atoms with Crippen LogP contribution in [-0.2, 0) is 33.5 Å². The average Bonchev–Trinajstić information content (AvgIpc) is 1.67. The summed E-state index contributed by atoms with van der Waals surface area (Å²) >= 11 is 23.7. The van der Waals surface area contributed by atoms with E-state index in [1.165, 1.54) is 0 Å². The molecule has 9 aromatic carbocycles. The molecule has 0 amide bonds. The van der Waals surface area contributed by atoms with Crippen LogP contribution >= 0.6 is 112 Å². The minimum atomic E-state index is -1.17. The SMILES string of the molecule is C.C.C.C.CCOC(=O)C(Br)c1ccc(Br)cc1.CCOC(=O)C(Oc1ccc(Br)cc1-c1nc2ccccc2o1)c1ccc(Br)cc1.O=C(O)C(Oc1ccc(Br)cc1-c1nc2ccccc2o1)c1ccc(Br)cc1.O=CO[O-].Oc1ccc(Br)cc1-c1nc2ccccc2o1.[H-].[K+].[K+].[Li+].[OH-]. The third-order valence-electron chi connectivity index (χ3n) is 12.7. The quantitative estimate of drug-likeness (QED) is 0.0227. The van der Waals surface area contributed by atoms with Crippen molar-refractivity contribution in [2.75, 3.05) is 13.2 Å². The Morgan fingerprint density at radius 3 is 1.15 bits per heavy atom. The van der Waals surface area contributed by atoms with Crippen molar-refractivity contribution < 1.29 is 200 Å². The predicted molar refractivity (Wildman–Crippen MR) is 402 cm³/mol. The number of aromatic nitrogens is 3. The number of ether oxygens (including phenoxy) is 4. The van der Waals surface area contributed by atoms with Crippen LogP contribution in [-0.4, -0.2) is 68.2 Å². The number of phenolic OH excluding ortho intramolecular Hbond substituents is 1. The minimum Gasteiger partial charge on any atom is -1.00 e. The van der Waals surface area contributed by atoms with Crippen LogP contribution in [0.25, 0.3) is 67.7 Å². The molecule has 0 saturated heterocycles. The number of carboxylic acids is 1. The molecule has 101 heavy (non-hydrogen) atoms. The van der Waals surface area contributed by atoms with Gasteiger partial charge in [0.25, 0.3) is 6.47 Å². The van der Waals surface area contributed by atoms with E-state index in [0.29, 0.717) is 85.9 Å². The summed E-state index contributed by atoms with van der Waals surface area (Å²) in [4.78, 5) is 60.2. The van der Waals surface area contributed by atoms with Gasteiger partial charge in [0.05, 0.1) is 29.9 Å². The second-order valence-corrected chi connectivity index (χ2v) is 25.4. The van der Waals surface area contributed by atoms with E-state index in [2.05, 4.69) is 131 Å². The van der Waals surface area contributed by atoms with Gasteiger partial charge in [0, 0.05) is 38.0 Å². The Morgan fingerprint density at radius 1 is 0.485 bits per heavy atom. The molecule has 0 aliphatic rings. The van der Waals surface area contributed by atoms with Crippen LogP contribution in [0, 0.1) is 0 Å². The molecule has 0 fully saturated rings.